The van der Waals surface area contributed by atoms with E-state index in [2.05, 4.69) is 21.3 Å². The van der Waals surface area contributed by atoms with Crippen LogP contribution in [0.1, 0.15) is 39.1 Å². The lowest BCUT2D eigenvalue weighted by molar-refractivity contribution is -0.130. The molecule has 0 bridgehead atoms. The third kappa shape index (κ3) is 4.18. The van der Waals surface area contributed by atoms with Gasteiger partial charge in [-0.3, -0.25) is 14.5 Å². The first-order valence-corrected chi connectivity index (χ1v) is 11.6. The maximum Gasteiger partial charge on any atom is 0.325 e. The number of hydrogen-bond acceptors (Lipinski definition) is 5. The van der Waals surface area contributed by atoms with Crippen LogP contribution in [-0.2, 0) is 23.3 Å². The van der Waals surface area contributed by atoms with Gasteiger partial charge in [-0.05, 0) is 62.4 Å². The number of Topliss-reactive ketones (excluding diaryl/α,β-unsaturated/α-hetero) is 1. The second-order valence-corrected chi connectivity index (χ2v) is 9.40. The number of imide groups is 1. The molecule has 0 radical (unpaired) electrons. The maximum absolute atomic E-state index is 13.2. The van der Waals surface area contributed by atoms with Crippen LogP contribution in [0.3, 0.4) is 0 Å². The molecule has 3 aromatic rings. The van der Waals surface area contributed by atoms with E-state index in [0.717, 1.165) is 29.3 Å². The van der Waals surface area contributed by atoms with Crippen molar-refractivity contribution in [1.29, 1.82) is 0 Å². The lowest BCUT2D eigenvalue weighted by Gasteiger charge is -2.22. The van der Waals surface area contributed by atoms with Gasteiger partial charge in [0.1, 0.15) is 11.3 Å². The molecule has 0 spiro atoms. The summed E-state index contributed by atoms with van der Waals surface area (Å²) in [7, 11) is 1.56. The normalized spacial score (nSPS) is 18.0. The fourth-order valence-corrected chi connectivity index (χ4v) is 4.99. The third-order valence-electron chi connectivity index (χ3n) is 6.28. The molecule has 1 aliphatic rings. The Kier molecular flexibility index (Phi) is 6.12. The second-order valence-electron chi connectivity index (χ2n) is 8.36. The third-order valence-corrected chi connectivity index (χ3v) is 7.22. The molecule has 1 saturated heterocycles. The Morgan fingerprint density at radius 3 is 2.52 bits per heavy atom. The predicted molar refractivity (Wildman–Crippen MR) is 127 cm³/mol. The van der Waals surface area contributed by atoms with Crippen molar-refractivity contribution in [3.63, 3.8) is 0 Å². The molecule has 1 aromatic carbocycles. The number of thiophene rings is 1. The fourth-order valence-electron chi connectivity index (χ4n) is 4.29. The zero-order chi connectivity index (χ0) is 23.8. The van der Waals surface area contributed by atoms with Crippen molar-refractivity contribution >= 4 is 29.1 Å². The SMILES string of the molecule is COc1ccc([C@]2(C)NC(=O)N(CC(=O)c3cc(C)n(CCc4cccs4)c3C)C2=O)cc1. The first kappa shape index (κ1) is 22.8. The molecule has 1 N–H and O–H groups in total. The molecular weight excluding hydrogens is 438 g/mol. The van der Waals surface area contributed by atoms with Gasteiger partial charge in [-0.25, -0.2) is 4.79 Å². The smallest absolute Gasteiger partial charge is 0.325 e. The first-order chi connectivity index (χ1) is 15.7. The van der Waals surface area contributed by atoms with Crippen molar-refractivity contribution in [1.82, 2.24) is 14.8 Å². The minimum atomic E-state index is -1.23. The molecule has 1 fully saturated rings. The summed E-state index contributed by atoms with van der Waals surface area (Å²) < 4.78 is 7.28. The van der Waals surface area contributed by atoms with Crippen LogP contribution in [0.4, 0.5) is 4.79 Å². The van der Waals surface area contributed by atoms with Crippen LogP contribution in [-0.4, -0.2) is 40.8 Å². The summed E-state index contributed by atoms with van der Waals surface area (Å²) in [5, 5.41) is 4.80. The molecule has 8 heteroatoms. The van der Waals surface area contributed by atoms with Gasteiger partial charge >= 0.3 is 6.03 Å². The molecule has 2 aromatic heterocycles. The molecular formula is C25H27N3O4S. The van der Waals surface area contributed by atoms with Crippen molar-refractivity contribution in [3.05, 3.63) is 75.2 Å². The highest BCUT2D eigenvalue weighted by Gasteiger charge is 2.49. The van der Waals surface area contributed by atoms with E-state index in [9.17, 15) is 14.4 Å². The highest BCUT2D eigenvalue weighted by atomic mass is 32.1. The van der Waals surface area contributed by atoms with E-state index in [4.69, 9.17) is 4.74 Å². The second kappa shape index (κ2) is 8.86. The van der Waals surface area contributed by atoms with Gasteiger partial charge < -0.3 is 14.6 Å². The summed E-state index contributed by atoms with van der Waals surface area (Å²) >= 11 is 1.71. The van der Waals surface area contributed by atoms with Gasteiger partial charge in [0.05, 0.1) is 13.7 Å². The number of methoxy groups -OCH3 is 1. The van der Waals surface area contributed by atoms with Crippen molar-refractivity contribution in [2.24, 2.45) is 0 Å². The van der Waals surface area contributed by atoms with Crippen LogP contribution in [0.2, 0.25) is 0 Å². The number of nitrogens with zero attached hydrogens (tertiary/aromatic N) is 2. The number of ketones is 1. The minimum absolute atomic E-state index is 0.257. The first-order valence-electron chi connectivity index (χ1n) is 10.8. The fraction of sp³-hybridized carbons (Fsp3) is 0.320. The van der Waals surface area contributed by atoms with Crippen LogP contribution < -0.4 is 10.1 Å². The Bertz CT molecular complexity index is 1200. The molecule has 3 heterocycles. The summed E-state index contributed by atoms with van der Waals surface area (Å²) in [6.07, 6.45) is 0.884. The number of aryl methyl sites for hydroxylation is 2. The standard InChI is InChI=1S/C25H27N3O4S/c1-16-14-21(17(2)27(16)12-11-20-6-5-13-33-20)22(29)15-28-23(30)25(3,26-24(28)31)18-7-9-19(32-4)10-8-18/h5-10,13-14H,11-12,15H2,1-4H3,(H,26,31)/t25-/m0/s1. The van der Waals surface area contributed by atoms with Gasteiger partial charge in [0.15, 0.2) is 5.78 Å². The van der Waals surface area contributed by atoms with Gasteiger partial charge in [-0.1, -0.05) is 18.2 Å². The summed E-state index contributed by atoms with van der Waals surface area (Å²) in [5.74, 6) is -0.0499. The van der Waals surface area contributed by atoms with Crippen LogP contribution in [0.5, 0.6) is 5.75 Å². The maximum atomic E-state index is 13.2. The molecule has 1 atom stereocenters. The number of ether oxygens (including phenoxy) is 1. The van der Waals surface area contributed by atoms with Gasteiger partial charge in [0.2, 0.25) is 0 Å². The van der Waals surface area contributed by atoms with Crippen LogP contribution >= 0.6 is 11.3 Å². The Morgan fingerprint density at radius 2 is 1.88 bits per heavy atom. The molecule has 0 aliphatic carbocycles. The predicted octanol–water partition coefficient (Wildman–Crippen LogP) is 4.07. The van der Waals surface area contributed by atoms with Gasteiger partial charge in [0, 0.05) is 28.4 Å². The largest absolute Gasteiger partial charge is 0.497 e. The average Bonchev–Trinajstić information content (AvgIpc) is 3.48. The van der Waals surface area contributed by atoms with Gasteiger partial charge in [-0.2, -0.15) is 0 Å². The number of benzene rings is 1. The van der Waals surface area contributed by atoms with E-state index in [1.54, 1.807) is 49.6 Å². The summed E-state index contributed by atoms with van der Waals surface area (Å²) in [4.78, 5) is 41.3. The summed E-state index contributed by atoms with van der Waals surface area (Å²) in [5.41, 5.74) is 1.76. The average molecular weight is 466 g/mol. The zero-order valence-electron chi connectivity index (χ0n) is 19.2. The van der Waals surface area contributed by atoms with Crippen LogP contribution in [0, 0.1) is 13.8 Å². The highest BCUT2D eigenvalue weighted by molar-refractivity contribution is 7.09. The van der Waals surface area contributed by atoms with Crippen LogP contribution in [0.25, 0.3) is 0 Å². The molecule has 0 saturated carbocycles. The lowest BCUT2D eigenvalue weighted by Crippen LogP contribution is -2.41. The molecule has 0 unspecified atom stereocenters. The summed E-state index contributed by atoms with van der Waals surface area (Å²) in [6, 6.07) is 12.3. The number of hydrogen-bond donors (Lipinski definition) is 1. The molecule has 4 rings (SSSR count). The van der Waals surface area contributed by atoms with E-state index >= 15 is 0 Å². The Morgan fingerprint density at radius 1 is 1.15 bits per heavy atom. The van der Waals surface area contributed by atoms with E-state index in [1.165, 1.54) is 4.88 Å². The van der Waals surface area contributed by atoms with Crippen molar-refractivity contribution in [2.75, 3.05) is 13.7 Å². The number of carbonyl (C=O) groups is 3. The van der Waals surface area contributed by atoms with Crippen molar-refractivity contribution < 1.29 is 19.1 Å². The lowest BCUT2D eigenvalue weighted by atomic mass is 9.92. The zero-order valence-corrected chi connectivity index (χ0v) is 20.0. The number of rotatable bonds is 8. The van der Waals surface area contributed by atoms with Crippen molar-refractivity contribution in [2.45, 2.75) is 39.3 Å². The number of carbonyl (C=O) groups excluding carboxylic acids is 3. The topological polar surface area (TPSA) is 80.6 Å². The van der Waals surface area contributed by atoms with E-state index in [1.807, 2.05) is 26.0 Å². The molecule has 172 valence electrons. The number of urea groups is 1. The Labute approximate surface area is 197 Å². The number of aromatic nitrogens is 1. The summed E-state index contributed by atoms with van der Waals surface area (Å²) in [6.45, 7) is 5.99. The molecule has 7 nitrogen and oxygen atoms in total. The minimum Gasteiger partial charge on any atom is -0.497 e. The quantitative estimate of drug-likeness (QED) is 0.402. The number of amides is 3. The molecule has 3 amide bonds. The van der Waals surface area contributed by atoms with E-state index in [0.29, 0.717) is 16.9 Å². The Balaban J connectivity index is 1.50. The van der Waals surface area contributed by atoms with Gasteiger partial charge in [-0.15, -0.1) is 11.3 Å². The van der Waals surface area contributed by atoms with Crippen molar-refractivity contribution in [3.8, 4) is 5.75 Å². The van der Waals surface area contributed by atoms with E-state index in [-0.39, 0.29) is 12.3 Å². The van der Waals surface area contributed by atoms with Gasteiger partial charge in [0.25, 0.3) is 5.91 Å². The number of nitrogens with one attached hydrogen (secondary N) is 1. The molecule has 1 aliphatic heterocycles. The monoisotopic (exact) mass is 465 g/mol. The Hall–Kier alpha value is -3.39. The van der Waals surface area contributed by atoms with E-state index < -0.39 is 17.5 Å². The highest BCUT2D eigenvalue weighted by Crippen LogP contribution is 2.30. The van der Waals surface area contributed by atoms with Crippen LogP contribution in [0.15, 0.2) is 47.8 Å². The molecule has 33 heavy (non-hydrogen) atoms.